The van der Waals surface area contributed by atoms with E-state index in [0.29, 0.717) is 19.0 Å². The minimum Gasteiger partial charge on any atom is -0.444 e. The first-order chi connectivity index (χ1) is 10.9. The molecule has 0 aromatic rings. The largest absolute Gasteiger partial charge is 0.444 e. The second-order valence-electron chi connectivity index (χ2n) is 7.02. The van der Waals surface area contributed by atoms with Crippen LogP contribution >= 0.6 is 12.4 Å². The number of amides is 1. The van der Waals surface area contributed by atoms with Crippen molar-refractivity contribution in [2.24, 2.45) is 11.8 Å². The van der Waals surface area contributed by atoms with Crippen LogP contribution in [0.5, 0.6) is 0 Å². The molecule has 2 fully saturated rings. The zero-order chi connectivity index (χ0) is 17.3. The first-order valence-electron chi connectivity index (χ1n) is 8.33. The minimum atomic E-state index is -0.441. The van der Waals surface area contributed by atoms with Crippen molar-refractivity contribution >= 4 is 18.5 Å². The summed E-state index contributed by atoms with van der Waals surface area (Å²) in [5.41, 5.74) is -0.441. The van der Waals surface area contributed by atoms with Crippen LogP contribution in [0.3, 0.4) is 0 Å². The van der Waals surface area contributed by atoms with Gasteiger partial charge in [-0.2, -0.15) is 10.5 Å². The van der Waals surface area contributed by atoms with Crippen LogP contribution < -0.4 is 5.32 Å². The molecule has 2 aliphatic rings. The number of piperidine rings is 2. The quantitative estimate of drug-likeness (QED) is 0.720. The Kier molecular flexibility index (Phi) is 10.4. The van der Waals surface area contributed by atoms with Gasteiger partial charge in [0.1, 0.15) is 5.60 Å². The van der Waals surface area contributed by atoms with Gasteiger partial charge in [-0.15, -0.1) is 12.4 Å². The Labute approximate surface area is 151 Å². The molecule has 7 heteroatoms. The van der Waals surface area contributed by atoms with Gasteiger partial charge in [-0.1, -0.05) is 0 Å². The highest BCUT2D eigenvalue weighted by atomic mass is 35.5. The van der Waals surface area contributed by atoms with Crippen LogP contribution in [0.1, 0.15) is 46.5 Å². The third-order valence-electron chi connectivity index (χ3n) is 3.85. The van der Waals surface area contributed by atoms with E-state index in [1.807, 2.05) is 20.8 Å². The first-order valence-corrected chi connectivity index (χ1v) is 8.33. The van der Waals surface area contributed by atoms with Gasteiger partial charge in [-0.3, -0.25) is 0 Å². The van der Waals surface area contributed by atoms with Gasteiger partial charge in [0.05, 0.1) is 12.1 Å². The summed E-state index contributed by atoms with van der Waals surface area (Å²) in [6, 6.07) is 4.50. The number of halogens is 1. The molecule has 2 saturated heterocycles. The van der Waals surface area contributed by atoms with E-state index < -0.39 is 5.60 Å². The molecule has 1 amide bonds. The van der Waals surface area contributed by atoms with Crippen LogP contribution in [-0.2, 0) is 4.74 Å². The Balaban J connectivity index is 0.000000498. The molecule has 0 saturated carbocycles. The van der Waals surface area contributed by atoms with Gasteiger partial charge in [-0.25, -0.2) is 4.79 Å². The maximum Gasteiger partial charge on any atom is 0.410 e. The summed E-state index contributed by atoms with van der Waals surface area (Å²) in [5, 5.41) is 20.3. The third kappa shape index (κ3) is 8.96. The molecule has 0 unspecified atom stereocenters. The van der Waals surface area contributed by atoms with Crippen LogP contribution in [-0.4, -0.2) is 42.8 Å². The van der Waals surface area contributed by atoms with Gasteiger partial charge in [0.15, 0.2) is 0 Å². The number of likely N-dealkylation sites (tertiary alicyclic amines) is 1. The maximum absolute atomic E-state index is 11.6. The maximum atomic E-state index is 11.6. The van der Waals surface area contributed by atoms with E-state index in [0.717, 1.165) is 38.8 Å². The summed E-state index contributed by atoms with van der Waals surface area (Å²) in [6.07, 6.45) is 3.33. The van der Waals surface area contributed by atoms with E-state index in [2.05, 4.69) is 17.5 Å². The number of nitrogens with zero attached hydrogens (tertiary/aromatic N) is 3. The number of nitrogens with one attached hydrogen (secondary N) is 1. The smallest absolute Gasteiger partial charge is 0.410 e. The zero-order valence-electron chi connectivity index (χ0n) is 14.9. The highest BCUT2D eigenvalue weighted by molar-refractivity contribution is 5.85. The van der Waals surface area contributed by atoms with Crippen molar-refractivity contribution in [1.29, 1.82) is 10.5 Å². The molecule has 2 rings (SSSR count). The van der Waals surface area contributed by atoms with Crippen LogP contribution in [0.15, 0.2) is 0 Å². The number of carbonyl (C=O) groups excluding carboxylic acids is 1. The van der Waals surface area contributed by atoms with Crippen molar-refractivity contribution in [3.8, 4) is 12.1 Å². The second-order valence-corrected chi connectivity index (χ2v) is 7.02. The summed E-state index contributed by atoms with van der Waals surface area (Å²) in [5.74, 6) is 0.430. The number of carbonyl (C=O) groups is 1. The predicted octanol–water partition coefficient (Wildman–Crippen LogP) is 3.09. The van der Waals surface area contributed by atoms with Gasteiger partial charge in [0.25, 0.3) is 0 Å². The van der Waals surface area contributed by atoms with Crippen molar-refractivity contribution in [3.05, 3.63) is 0 Å². The highest BCUT2D eigenvalue weighted by Gasteiger charge is 2.26. The van der Waals surface area contributed by atoms with Crippen molar-refractivity contribution in [3.63, 3.8) is 0 Å². The van der Waals surface area contributed by atoms with Crippen LogP contribution in [0.25, 0.3) is 0 Å². The number of nitriles is 2. The molecule has 0 aromatic carbocycles. The molecule has 2 aliphatic heterocycles. The minimum absolute atomic E-state index is 0. The predicted molar refractivity (Wildman–Crippen MR) is 94.6 cm³/mol. The lowest BCUT2D eigenvalue weighted by atomic mass is 9.99. The molecular formula is C17H29ClN4O2. The molecule has 1 N–H and O–H groups in total. The molecule has 24 heavy (non-hydrogen) atoms. The average Bonchev–Trinajstić information content (AvgIpc) is 2.54. The highest BCUT2D eigenvalue weighted by Crippen LogP contribution is 2.18. The monoisotopic (exact) mass is 356 g/mol. The van der Waals surface area contributed by atoms with Gasteiger partial charge in [0.2, 0.25) is 0 Å². The number of hydrogen-bond acceptors (Lipinski definition) is 5. The fraction of sp³-hybridized carbons (Fsp3) is 0.824. The third-order valence-corrected chi connectivity index (χ3v) is 3.85. The Morgan fingerprint density at radius 3 is 1.88 bits per heavy atom. The van der Waals surface area contributed by atoms with Gasteiger partial charge in [0, 0.05) is 24.9 Å². The summed E-state index contributed by atoms with van der Waals surface area (Å²) < 4.78 is 5.25. The molecular weight excluding hydrogens is 328 g/mol. The van der Waals surface area contributed by atoms with Gasteiger partial charge >= 0.3 is 6.09 Å². The second kappa shape index (κ2) is 11.1. The fourth-order valence-electron chi connectivity index (χ4n) is 2.47. The molecule has 2 heterocycles. The number of ether oxygens (including phenoxy) is 1. The van der Waals surface area contributed by atoms with Crippen LogP contribution in [0, 0.1) is 34.5 Å². The van der Waals surface area contributed by atoms with Crippen molar-refractivity contribution < 1.29 is 9.53 Å². The van der Waals surface area contributed by atoms with Crippen molar-refractivity contribution in [2.45, 2.75) is 52.1 Å². The Bertz CT molecular complexity index is 451. The van der Waals surface area contributed by atoms with E-state index in [1.165, 1.54) is 0 Å². The topological polar surface area (TPSA) is 89.2 Å². The average molecular weight is 357 g/mol. The van der Waals surface area contributed by atoms with E-state index in [4.69, 9.17) is 15.3 Å². The van der Waals surface area contributed by atoms with E-state index in [9.17, 15) is 4.79 Å². The fourth-order valence-corrected chi connectivity index (χ4v) is 2.47. The molecule has 6 nitrogen and oxygen atoms in total. The lowest BCUT2D eigenvalue weighted by Gasteiger charge is -2.31. The SMILES string of the molecule is CC(C)(C)OC(=O)N1CCC(C#N)CC1.Cl.N#CC1CCNCC1. The van der Waals surface area contributed by atoms with E-state index in [1.54, 1.807) is 4.90 Å². The Hall–Kier alpha value is -1.50. The lowest BCUT2D eigenvalue weighted by molar-refractivity contribution is 0.0199. The summed E-state index contributed by atoms with van der Waals surface area (Å²) in [6.45, 7) is 8.88. The standard InChI is InChI=1S/C11H18N2O2.C6H10N2.ClH/c1-11(2,3)15-10(14)13-6-4-9(8-12)5-7-13;7-5-6-1-3-8-4-2-6;/h9H,4-7H2,1-3H3;6,8H,1-4H2;1H. The summed E-state index contributed by atoms with van der Waals surface area (Å²) in [4.78, 5) is 13.3. The van der Waals surface area contributed by atoms with Crippen molar-refractivity contribution in [1.82, 2.24) is 10.2 Å². The molecule has 0 aromatic heterocycles. The van der Waals surface area contributed by atoms with Crippen LogP contribution in [0.2, 0.25) is 0 Å². The molecule has 0 aliphatic carbocycles. The Morgan fingerprint density at radius 2 is 1.50 bits per heavy atom. The normalized spacial score (nSPS) is 19.0. The molecule has 0 atom stereocenters. The lowest BCUT2D eigenvalue weighted by Crippen LogP contribution is -2.41. The first kappa shape index (κ1) is 22.5. The van der Waals surface area contributed by atoms with Crippen molar-refractivity contribution in [2.75, 3.05) is 26.2 Å². The molecule has 136 valence electrons. The number of hydrogen-bond donors (Lipinski definition) is 1. The van der Waals surface area contributed by atoms with Crippen LogP contribution in [0.4, 0.5) is 4.79 Å². The van der Waals surface area contributed by atoms with Gasteiger partial charge < -0.3 is 15.0 Å². The number of rotatable bonds is 0. The zero-order valence-corrected chi connectivity index (χ0v) is 15.7. The summed E-state index contributed by atoms with van der Waals surface area (Å²) in [7, 11) is 0. The van der Waals surface area contributed by atoms with Gasteiger partial charge in [-0.05, 0) is 59.5 Å². The van der Waals surface area contributed by atoms with E-state index in [-0.39, 0.29) is 24.4 Å². The Morgan fingerprint density at radius 1 is 1.04 bits per heavy atom. The van der Waals surface area contributed by atoms with E-state index >= 15 is 0 Å². The molecule has 0 radical (unpaired) electrons. The molecule has 0 spiro atoms. The molecule has 0 bridgehead atoms. The summed E-state index contributed by atoms with van der Waals surface area (Å²) >= 11 is 0.